The Labute approximate surface area is 283 Å². The molecule has 0 saturated carbocycles. The van der Waals surface area contributed by atoms with Crippen LogP contribution in [0.5, 0.6) is 17.2 Å². The first-order valence-electron chi connectivity index (χ1n) is 13.8. The van der Waals surface area contributed by atoms with Crippen LogP contribution in [-0.4, -0.2) is 72.6 Å². The van der Waals surface area contributed by atoms with E-state index in [2.05, 4.69) is 0 Å². The predicted octanol–water partition coefficient (Wildman–Crippen LogP) is 5.98. The maximum atomic E-state index is 15.1. The van der Waals surface area contributed by atoms with Crippen molar-refractivity contribution in [2.75, 3.05) is 0 Å². The van der Waals surface area contributed by atoms with Crippen LogP contribution >= 0.6 is 0 Å². The third-order valence-electron chi connectivity index (χ3n) is 7.55. The van der Waals surface area contributed by atoms with Gasteiger partial charge in [0, 0.05) is 0 Å². The van der Waals surface area contributed by atoms with Crippen molar-refractivity contribution >= 4 is 41.4 Å². The Hall–Kier alpha value is -6.86. The highest BCUT2D eigenvalue weighted by Crippen LogP contribution is 2.59. The van der Waals surface area contributed by atoms with E-state index in [4.69, 9.17) is 9.47 Å². The molecule has 0 radical (unpaired) electrons. The molecule has 0 aliphatic heterocycles. The molecule has 4 rings (SSSR count). The summed E-state index contributed by atoms with van der Waals surface area (Å²) >= 11 is 0. The Bertz CT molecular complexity index is 2110. The van der Waals surface area contributed by atoms with E-state index in [1.165, 1.54) is 0 Å². The third kappa shape index (κ3) is 6.80. The summed E-state index contributed by atoms with van der Waals surface area (Å²) in [6.07, 6.45) is -11.2. The van der Waals surface area contributed by atoms with Gasteiger partial charge in [0.25, 0.3) is 0 Å². The number of aromatic carboxylic acids is 4. The fourth-order valence-electron chi connectivity index (χ4n) is 5.37. The lowest BCUT2D eigenvalue weighted by Crippen LogP contribution is -2.56. The highest BCUT2D eigenvalue weighted by Gasteiger charge is 2.72. The van der Waals surface area contributed by atoms with Crippen LogP contribution in [0.4, 0.5) is 26.3 Å². The van der Waals surface area contributed by atoms with Crippen LogP contribution in [0.25, 0.3) is 5.57 Å². The van der Waals surface area contributed by atoms with Crippen LogP contribution < -0.4 is 9.47 Å². The number of rotatable bonds is 11. The molecule has 3 aromatic carbocycles. The van der Waals surface area contributed by atoms with Gasteiger partial charge in [0.15, 0.2) is 0 Å². The molecular formula is C32H18F6O14. The van der Waals surface area contributed by atoms with E-state index in [9.17, 15) is 72.6 Å². The fraction of sp³-hybridized carbons (Fsp3) is 0.125. The molecule has 20 heteroatoms. The number of alkyl halides is 6. The van der Waals surface area contributed by atoms with Crippen molar-refractivity contribution in [3.05, 3.63) is 106 Å². The highest BCUT2D eigenvalue weighted by atomic mass is 19.4. The maximum Gasteiger partial charge on any atom is 0.417 e. The van der Waals surface area contributed by atoms with Crippen LogP contribution in [0, 0.1) is 11.3 Å². The summed E-state index contributed by atoms with van der Waals surface area (Å²) in [6.45, 7) is 0. The average Bonchev–Trinajstić information content (AvgIpc) is 3.02. The third-order valence-corrected chi connectivity index (χ3v) is 7.55. The van der Waals surface area contributed by atoms with Gasteiger partial charge in [0.05, 0.1) is 27.8 Å². The number of carbonyl (C=O) groups is 6. The number of benzene rings is 3. The zero-order chi connectivity index (χ0) is 39.1. The first-order chi connectivity index (χ1) is 24.0. The van der Waals surface area contributed by atoms with Crippen molar-refractivity contribution in [3.63, 3.8) is 0 Å². The quantitative estimate of drug-likeness (QED) is 0.124. The molecule has 1 aliphatic rings. The largest absolute Gasteiger partial charge is 0.481 e. The standard InChI is InChI=1S/C32H18F6O14/c33-31(34,35)21-11-14(51-12-1-4-15(24(39)40)18(9-12)26(43)44)3-6-17(21)20-7-8-22(23(28(47)48)30(20,29(49)50)32(36,37)38)52-13-2-5-16(25(41)42)19(10-13)27(45)46/h1-11,23H,(H,39,40)(H,41,42)(H,43,44)(H,45,46)(H,47,48)(H,49,50). The van der Waals surface area contributed by atoms with Gasteiger partial charge in [-0.2, -0.15) is 26.3 Å². The summed E-state index contributed by atoms with van der Waals surface area (Å²) in [4.78, 5) is 70.9. The Morgan fingerprint density at radius 1 is 0.577 bits per heavy atom. The molecule has 0 spiro atoms. The van der Waals surface area contributed by atoms with Gasteiger partial charge in [-0.25, -0.2) is 19.2 Å². The SMILES string of the molecule is O=C(O)c1ccc(OC2=CC=C(c3ccc(Oc4ccc(C(=O)O)c(C(=O)O)c4)cc3C(F)(F)F)C(C(=O)O)(C(F)(F)F)C2C(=O)O)cc1C(=O)O. The number of allylic oxidation sites excluding steroid dienone is 2. The van der Waals surface area contributed by atoms with E-state index in [0.29, 0.717) is 42.5 Å². The number of carboxylic acid groups (broad SMARTS) is 6. The van der Waals surface area contributed by atoms with Crippen molar-refractivity contribution in [2.45, 2.75) is 12.4 Å². The molecule has 1 aliphatic carbocycles. The van der Waals surface area contributed by atoms with E-state index < -0.39 is 121 Å². The summed E-state index contributed by atoms with van der Waals surface area (Å²) in [5, 5.41) is 57.2. The number of halogens is 6. The second-order valence-corrected chi connectivity index (χ2v) is 10.6. The van der Waals surface area contributed by atoms with Gasteiger partial charge in [-0.1, -0.05) is 12.1 Å². The minimum atomic E-state index is -6.20. The van der Waals surface area contributed by atoms with E-state index in [1.807, 2.05) is 0 Å². The minimum Gasteiger partial charge on any atom is -0.481 e. The second kappa shape index (κ2) is 13.5. The van der Waals surface area contributed by atoms with E-state index in [0.717, 1.165) is 12.1 Å². The fourth-order valence-corrected chi connectivity index (χ4v) is 5.37. The lowest BCUT2D eigenvalue weighted by Gasteiger charge is -2.41. The molecule has 0 saturated heterocycles. The molecule has 14 nitrogen and oxygen atoms in total. The Balaban J connectivity index is 1.95. The Morgan fingerprint density at radius 2 is 1.02 bits per heavy atom. The van der Waals surface area contributed by atoms with E-state index in [-0.39, 0.29) is 12.1 Å². The van der Waals surface area contributed by atoms with Crippen molar-refractivity contribution < 1.29 is 95.2 Å². The van der Waals surface area contributed by atoms with Crippen molar-refractivity contribution in [1.29, 1.82) is 0 Å². The molecule has 3 aromatic rings. The Kier molecular flexibility index (Phi) is 9.82. The van der Waals surface area contributed by atoms with Crippen LogP contribution in [0.15, 0.2) is 72.5 Å². The molecule has 2 atom stereocenters. The van der Waals surface area contributed by atoms with Crippen molar-refractivity contribution in [3.8, 4) is 17.2 Å². The number of aliphatic carboxylic acids is 2. The van der Waals surface area contributed by atoms with Crippen LogP contribution in [-0.2, 0) is 15.8 Å². The van der Waals surface area contributed by atoms with Gasteiger partial charge >= 0.3 is 48.2 Å². The van der Waals surface area contributed by atoms with Crippen LogP contribution in [0.2, 0.25) is 0 Å². The second-order valence-electron chi connectivity index (χ2n) is 10.6. The molecule has 0 amide bonds. The lowest BCUT2D eigenvalue weighted by molar-refractivity contribution is -0.229. The van der Waals surface area contributed by atoms with Gasteiger partial charge in [-0.3, -0.25) is 9.59 Å². The van der Waals surface area contributed by atoms with Crippen molar-refractivity contribution in [2.24, 2.45) is 11.3 Å². The Morgan fingerprint density at radius 3 is 1.42 bits per heavy atom. The van der Waals surface area contributed by atoms with Gasteiger partial charge in [0.2, 0.25) is 5.41 Å². The summed E-state index contributed by atoms with van der Waals surface area (Å²) in [7, 11) is 0. The summed E-state index contributed by atoms with van der Waals surface area (Å²) in [5.41, 5.74) is -13.3. The first-order valence-corrected chi connectivity index (χ1v) is 13.8. The molecule has 0 aromatic heterocycles. The highest BCUT2D eigenvalue weighted by molar-refractivity contribution is 6.03. The van der Waals surface area contributed by atoms with Crippen molar-refractivity contribution in [1.82, 2.24) is 0 Å². The molecule has 0 bridgehead atoms. The molecule has 0 heterocycles. The summed E-state index contributed by atoms with van der Waals surface area (Å²) in [5.74, 6) is -19.5. The molecule has 6 N–H and O–H groups in total. The summed E-state index contributed by atoms with van der Waals surface area (Å²) < 4.78 is 99.2. The number of ether oxygens (including phenoxy) is 2. The monoisotopic (exact) mass is 740 g/mol. The lowest BCUT2D eigenvalue weighted by atomic mass is 9.63. The zero-order valence-electron chi connectivity index (χ0n) is 25.1. The number of hydrogen-bond donors (Lipinski definition) is 6. The van der Waals surface area contributed by atoms with Gasteiger partial charge in [-0.15, -0.1) is 0 Å². The van der Waals surface area contributed by atoms with Crippen LogP contribution in [0.1, 0.15) is 52.6 Å². The molecule has 272 valence electrons. The van der Waals surface area contributed by atoms with Gasteiger partial charge in [-0.05, 0) is 65.7 Å². The summed E-state index contributed by atoms with van der Waals surface area (Å²) in [6, 6.07) is 5.12. The normalized spacial score (nSPS) is 17.3. The molecule has 2 unspecified atom stereocenters. The topological polar surface area (TPSA) is 242 Å². The first kappa shape index (κ1) is 38.0. The smallest absolute Gasteiger partial charge is 0.417 e. The minimum absolute atomic E-state index is 0.105. The molecule has 52 heavy (non-hydrogen) atoms. The maximum absolute atomic E-state index is 15.1. The van der Waals surface area contributed by atoms with Crippen LogP contribution in [0.3, 0.4) is 0 Å². The average molecular weight is 740 g/mol. The predicted molar refractivity (Wildman–Crippen MR) is 156 cm³/mol. The zero-order valence-corrected chi connectivity index (χ0v) is 25.1. The van der Waals surface area contributed by atoms with E-state index >= 15 is 13.2 Å². The van der Waals surface area contributed by atoms with Gasteiger partial charge in [0.1, 0.15) is 28.9 Å². The molecular weight excluding hydrogens is 722 g/mol. The number of carboxylic acids is 6. The number of hydrogen-bond acceptors (Lipinski definition) is 8. The molecule has 0 fully saturated rings. The van der Waals surface area contributed by atoms with Gasteiger partial charge < -0.3 is 40.1 Å². The van der Waals surface area contributed by atoms with E-state index in [1.54, 1.807) is 0 Å².